The van der Waals surface area contributed by atoms with Gasteiger partial charge in [0.15, 0.2) is 0 Å². The highest BCUT2D eigenvalue weighted by atomic mass is 16.5. The standard InChI is InChI=1S/C11H19N3O/c1-14(6-3-7-15-2)9-11-5-4-10(12)8-13-11/h4-5,8H,3,6-7,9,12H2,1-2H3. The van der Waals surface area contributed by atoms with Gasteiger partial charge in [0.25, 0.3) is 0 Å². The number of hydrogen-bond donors (Lipinski definition) is 1. The molecule has 0 amide bonds. The molecule has 0 radical (unpaired) electrons. The fourth-order valence-corrected chi connectivity index (χ4v) is 1.36. The van der Waals surface area contributed by atoms with Crippen LogP contribution in [0.5, 0.6) is 0 Å². The molecule has 15 heavy (non-hydrogen) atoms. The smallest absolute Gasteiger partial charge is 0.0545 e. The van der Waals surface area contributed by atoms with Gasteiger partial charge in [-0.05, 0) is 25.6 Å². The predicted molar refractivity (Wildman–Crippen MR) is 61.5 cm³/mol. The zero-order valence-electron chi connectivity index (χ0n) is 9.44. The molecule has 0 bridgehead atoms. The second kappa shape index (κ2) is 6.37. The summed E-state index contributed by atoms with van der Waals surface area (Å²) in [5.41, 5.74) is 7.32. The fraction of sp³-hybridized carbons (Fsp3) is 0.545. The van der Waals surface area contributed by atoms with Crippen molar-refractivity contribution in [3.05, 3.63) is 24.0 Å². The highest BCUT2D eigenvalue weighted by Crippen LogP contribution is 2.03. The maximum atomic E-state index is 5.56. The van der Waals surface area contributed by atoms with E-state index in [1.54, 1.807) is 13.3 Å². The molecule has 0 aliphatic heterocycles. The maximum absolute atomic E-state index is 5.56. The summed E-state index contributed by atoms with van der Waals surface area (Å²) in [4.78, 5) is 6.47. The molecular formula is C11H19N3O. The highest BCUT2D eigenvalue weighted by Gasteiger charge is 2.00. The largest absolute Gasteiger partial charge is 0.397 e. The molecule has 0 aromatic carbocycles. The number of aromatic nitrogens is 1. The van der Waals surface area contributed by atoms with Crippen LogP contribution >= 0.6 is 0 Å². The van der Waals surface area contributed by atoms with E-state index in [9.17, 15) is 0 Å². The Morgan fingerprint density at radius 2 is 2.27 bits per heavy atom. The Hall–Kier alpha value is -1.13. The number of rotatable bonds is 6. The molecule has 4 nitrogen and oxygen atoms in total. The second-order valence-corrected chi connectivity index (χ2v) is 3.67. The van der Waals surface area contributed by atoms with Crippen molar-refractivity contribution in [1.29, 1.82) is 0 Å². The molecule has 2 N–H and O–H groups in total. The van der Waals surface area contributed by atoms with Crippen molar-refractivity contribution in [2.45, 2.75) is 13.0 Å². The number of pyridine rings is 1. The molecular weight excluding hydrogens is 190 g/mol. The van der Waals surface area contributed by atoms with Gasteiger partial charge in [-0.15, -0.1) is 0 Å². The molecule has 0 unspecified atom stereocenters. The third-order valence-electron chi connectivity index (χ3n) is 2.17. The van der Waals surface area contributed by atoms with E-state index in [1.165, 1.54) is 0 Å². The topological polar surface area (TPSA) is 51.4 Å². The molecule has 0 saturated carbocycles. The van der Waals surface area contributed by atoms with Crippen LogP contribution < -0.4 is 5.73 Å². The van der Waals surface area contributed by atoms with E-state index in [4.69, 9.17) is 10.5 Å². The normalized spacial score (nSPS) is 10.9. The lowest BCUT2D eigenvalue weighted by Crippen LogP contribution is -2.20. The number of nitrogens with two attached hydrogens (primary N) is 1. The fourth-order valence-electron chi connectivity index (χ4n) is 1.36. The second-order valence-electron chi connectivity index (χ2n) is 3.67. The molecule has 1 heterocycles. The third kappa shape index (κ3) is 4.76. The van der Waals surface area contributed by atoms with Crippen molar-refractivity contribution in [3.8, 4) is 0 Å². The van der Waals surface area contributed by atoms with Crippen LogP contribution in [0.4, 0.5) is 5.69 Å². The van der Waals surface area contributed by atoms with E-state index in [0.29, 0.717) is 5.69 Å². The van der Waals surface area contributed by atoms with Crippen LogP contribution in [-0.4, -0.2) is 37.2 Å². The van der Waals surface area contributed by atoms with Gasteiger partial charge in [-0.1, -0.05) is 0 Å². The van der Waals surface area contributed by atoms with Crippen LogP contribution in [0, 0.1) is 0 Å². The molecule has 0 spiro atoms. The van der Waals surface area contributed by atoms with Crippen molar-refractivity contribution in [1.82, 2.24) is 9.88 Å². The van der Waals surface area contributed by atoms with E-state index in [1.807, 2.05) is 12.1 Å². The summed E-state index contributed by atoms with van der Waals surface area (Å²) in [6.07, 6.45) is 2.74. The lowest BCUT2D eigenvalue weighted by Gasteiger charge is -2.15. The number of hydrogen-bond acceptors (Lipinski definition) is 4. The summed E-state index contributed by atoms with van der Waals surface area (Å²) < 4.78 is 5.00. The van der Waals surface area contributed by atoms with Crippen LogP contribution in [0.3, 0.4) is 0 Å². The predicted octanol–water partition coefficient (Wildman–Crippen LogP) is 1.13. The number of methoxy groups -OCH3 is 1. The lowest BCUT2D eigenvalue weighted by molar-refractivity contribution is 0.178. The number of nitrogen functional groups attached to an aromatic ring is 1. The first-order chi connectivity index (χ1) is 7.22. The Morgan fingerprint density at radius 1 is 1.47 bits per heavy atom. The molecule has 0 aliphatic rings. The SMILES string of the molecule is COCCCN(C)Cc1ccc(N)cn1. The Kier molecular flexibility index (Phi) is 5.07. The summed E-state index contributed by atoms with van der Waals surface area (Å²) in [7, 11) is 3.80. The highest BCUT2D eigenvalue weighted by molar-refractivity contribution is 5.34. The minimum atomic E-state index is 0.709. The maximum Gasteiger partial charge on any atom is 0.0545 e. The van der Waals surface area contributed by atoms with E-state index >= 15 is 0 Å². The molecule has 1 aromatic heterocycles. The van der Waals surface area contributed by atoms with E-state index in [2.05, 4.69) is 16.9 Å². The lowest BCUT2D eigenvalue weighted by atomic mass is 10.3. The zero-order chi connectivity index (χ0) is 11.1. The van der Waals surface area contributed by atoms with Crippen molar-refractivity contribution < 1.29 is 4.74 Å². The Morgan fingerprint density at radius 3 is 2.87 bits per heavy atom. The summed E-state index contributed by atoms with van der Waals surface area (Å²) in [5, 5.41) is 0. The molecule has 0 saturated heterocycles. The summed E-state index contributed by atoms with van der Waals surface area (Å²) in [5.74, 6) is 0. The Labute approximate surface area is 91.1 Å². The van der Waals surface area contributed by atoms with Crippen LogP contribution in [-0.2, 0) is 11.3 Å². The van der Waals surface area contributed by atoms with Crippen LogP contribution in [0.1, 0.15) is 12.1 Å². The molecule has 0 fully saturated rings. The van der Waals surface area contributed by atoms with Crippen LogP contribution in [0.25, 0.3) is 0 Å². The third-order valence-corrected chi connectivity index (χ3v) is 2.17. The van der Waals surface area contributed by atoms with Crippen molar-refractivity contribution in [2.24, 2.45) is 0 Å². The average molecular weight is 209 g/mol. The minimum Gasteiger partial charge on any atom is -0.397 e. The molecule has 1 aromatic rings. The first-order valence-corrected chi connectivity index (χ1v) is 5.10. The van der Waals surface area contributed by atoms with Gasteiger partial charge >= 0.3 is 0 Å². The van der Waals surface area contributed by atoms with Gasteiger partial charge in [0.05, 0.1) is 17.6 Å². The van der Waals surface area contributed by atoms with Gasteiger partial charge in [-0.2, -0.15) is 0 Å². The minimum absolute atomic E-state index is 0.709. The van der Waals surface area contributed by atoms with E-state index in [-0.39, 0.29) is 0 Å². The Balaban J connectivity index is 2.31. The molecule has 0 atom stereocenters. The van der Waals surface area contributed by atoms with Gasteiger partial charge in [0, 0.05) is 26.8 Å². The van der Waals surface area contributed by atoms with E-state index < -0.39 is 0 Å². The summed E-state index contributed by atoms with van der Waals surface area (Å²) >= 11 is 0. The monoisotopic (exact) mass is 209 g/mol. The quantitative estimate of drug-likeness (QED) is 0.714. The Bertz CT molecular complexity index is 274. The van der Waals surface area contributed by atoms with Gasteiger partial charge in [0.2, 0.25) is 0 Å². The van der Waals surface area contributed by atoms with Gasteiger partial charge in [-0.25, -0.2) is 0 Å². The zero-order valence-corrected chi connectivity index (χ0v) is 9.44. The molecule has 84 valence electrons. The molecule has 1 rings (SSSR count). The summed E-state index contributed by atoms with van der Waals surface area (Å²) in [6.45, 7) is 2.67. The average Bonchev–Trinajstić information content (AvgIpc) is 2.22. The van der Waals surface area contributed by atoms with Gasteiger partial charge in [-0.3, -0.25) is 4.98 Å². The molecule has 0 aliphatic carbocycles. The number of anilines is 1. The first kappa shape index (κ1) is 11.9. The van der Waals surface area contributed by atoms with E-state index in [0.717, 1.165) is 31.8 Å². The van der Waals surface area contributed by atoms with Crippen LogP contribution in [0.2, 0.25) is 0 Å². The van der Waals surface area contributed by atoms with Crippen molar-refractivity contribution >= 4 is 5.69 Å². The number of nitrogens with zero attached hydrogens (tertiary/aromatic N) is 2. The molecule has 4 heteroatoms. The van der Waals surface area contributed by atoms with Gasteiger partial charge in [0.1, 0.15) is 0 Å². The summed E-state index contributed by atoms with van der Waals surface area (Å²) in [6, 6.07) is 3.84. The van der Waals surface area contributed by atoms with Crippen molar-refractivity contribution in [3.63, 3.8) is 0 Å². The first-order valence-electron chi connectivity index (χ1n) is 5.10. The van der Waals surface area contributed by atoms with Crippen LogP contribution in [0.15, 0.2) is 18.3 Å². The van der Waals surface area contributed by atoms with Gasteiger partial charge < -0.3 is 15.4 Å². The number of ether oxygens (including phenoxy) is 1. The van der Waals surface area contributed by atoms with Crippen molar-refractivity contribution in [2.75, 3.05) is 33.0 Å².